The number of benzene rings is 1. The molecule has 0 saturated heterocycles. The topological polar surface area (TPSA) is 34.1 Å². The lowest BCUT2D eigenvalue weighted by Gasteiger charge is -2.11. The predicted octanol–water partition coefficient (Wildman–Crippen LogP) is 3.61. The number of hydrogen-bond donors (Lipinski definition) is 1. The Balaban J connectivity index is 2.18. The fourth-order valence-corrected chi connectivity index (χ4v) is 1.66. The minimum absolute atomic E-state index is 0.126. The van der Waals surface area contributed by atoms with E-state index in [1.54, 1.807) is 19.2 Å². The molecular weight excluding hydrogens is 269 g/mol. The quantitative estimate of drug-likeness (QED) is 0.930. The zero-order chi connectivity index (χ0) is 14.6. The maximum absolute atomic E-state index is 12.4. The Bertz CT molecular complexity index is 567. The third-order valence-electron chi connectivity index (χ3n) is 2.62. The predicted molar refractivity (Wildman–Crippen MR) is 68.5 cm³/mol. The van der Waals surface area contributed by atoms with Crippen molar-refractivity contribution < 1.29 is 17.9 Å². The molecule has 0 saturated carbocycles. The molecule has 0 bridgehead atoms. The molecular formula is C14H13F3N2O. The van der Waals surface area contributed by atoms with Crippen molar-refractivity contribution in [3.05, 3.63) is 53.7 Å². The van der Waals surface area contributed by atoms with Gasteiger partial charge in [-0.25, -0.2) is 4.98 Å². The first-order valence-corrected chi connectivity index (χ1v) is 5.94. The van der Waals surface area contributed by atoms with E-state index in [0.717, 1.165) is 17.8 Å². The molecule has 0 aliphatic rings. The van der Waals surface area contributed by atoms with E-state index >= 15 is 0 Å². The Morgan fingerprint density at radius 3 is 2.50 bits per heavy atom. The molecule has 0 fully saturated rings. The first kappa shape index (κ1) is 14.3. The number of pyridine rings is 1. The summed E-state index contributed by atoms with van der Waals surface area (Å²) >= 11 is 0. The smallest absolute Gasteiger partial charge is 0.417 e. The Morgan fingerprint density at radius 1 is 1.15 bits per heavy atom. The summed E-state index contributed by atoms with van der Waals surface area (Å²) in [5.41, 5.74) is 0.102. The Hall–Kier alpha value is -2.08. The Labute approximate surface area is 114 Å². The van der Waals surface area contributed by atoms with Crippen molar-refractivity contribution in [2.45, 2.75) is 12.7 Å². The molecule has 3 nitrogen and oxygen atoms in total. The van der Waals surface area contributed by atoms with E-state index in [0.29, 0.717) is 12.3 Å². The Kier molecular flexibility index (Phi) is 4.24. The highest BCUT2D eigenvalue weighted by atomic mass is 19.4. The molecule has 1 heterocycles. The molecule has 2 aromatic rings. The van der Waals surface area contributed by atoms with Gasteiger partial charge in [0.2, 0.25) is 5.88 Å². The fourth-order valence-electron chi connectivity index (χ4n) is 1.66. The monoisotopic (exact) mass is 282 g/mol. The van der Waals surface area contributed by atoms with Crippen LogP contribution in [0.5, 0.6) is 11.6 Å². The third-order valence-corrected chi connectivity index (χ3v) is 2.62. The lowest BCUT2D eigenvalue weighted by atomic mass is 10.2. The van der Waals surface area contributed by atoms with Crippen LogP contribution in [0, 0.1) is 0 Å². The van der Waals surface area contributed by atoms with Crippen molar-refractivity contribution in [2.24, 2.45) is 0 Å². The minimum atomic E-state index is -4.39. The molecule has 2 rings (SSSR count). The van der Waals surface area contributed by atoms with Gasteiger partial charge in [0.1, 0.15) is 5.75 Å². The molecule has 0 spiro atoms. The lowest BCUT2D eigenvalue weighted by Crippen LogP contribution is -2.07. The zero-order valence-corrected chi connectivity index (χ0v) is 10.7. The molecule has 0 unspecified atom stereocenters. The summed E-state index contributed by atoms with van der Waals surface area (Å²) in [6.45, 7) is 0.594. The van der Waals surface area contributed by atoms with Gasteiger partial charge in [-0.05, 0) is 19.2 Å². The number of nitrogens with zero attached hydrogens (tertiary/aromatic N) is 1. The molecule has 6 heteroatoms. The average molecular weight is 282 g/mol. The van der Waals surface area contributed by atoms with Crippen molar-refractivity contribution in [3.63, 3.8) is 0 Å². The molecule has 1 aromatic carbocycles. The van der Waals surface area contributed by atoms with Crippen LogP contribution in [0.25, 0.3) is 0 Å². The number of rotatable bonds is 4. The highest BCUT2D eigenvalue weighted by Gasteiger charge is 2.30. The summed E-state index contributed by atoms with van der Waals surface area (Å²) < 4.78 is 42.8. The molecule has 1 N–H and O–H groups in total. The number of nitrogens with one attached hydrogen (secondary N) is 1. The maximum atomic E-state index is 12.4. The lowest BCUT2D eigenvalue weighted by molar-refractivity contribution is -0.137. The fraction of sp³-hybridized carbons (Fsp3) is 0.214. The number of hydrogen-bond acceptors (Lipinski definition) is 3. The van der Waals surface area contributed by atoms with E-state index in [-0.39, 0.29) is 5.88 Å². The van der Waals surface area contributed by atoms with E-state index in [1.165, 1.54) is 6.07 Å². The molecule has 0 amide bonds. The number of para-hydroxylation sites is 1. The van der Waals surface area contributed by atoms with Crippen LogP contribution in [-0.4, -0.2) is 12.0 Å². The van der Waals surface area contributed by atoms with E-state index < -0.39 is 11.7 Å². The second kappa shape index (κ2) is 5.92. The van der Waals surface area contributed by atoms with Crippen LogP contribution >= 0.6 is 0 Å². The van der Waals surface area contributed by atoms with Gasteiger partial charge in [0, 0.05) is 24.4 Å². The van der Waals surface area contributed by atoms with Crippen LogP contribution in [0.1, 0.15) is 11.1 Å². The standard InChI is InChI=1S/C14H13F3N2O/c1-18-8-10-4-2-3-5-12(10)20-13-7-6-11(9-19-13)14(15,16)17/h2-7,9,18H,8H2,1H3. The number of aromatic nitrogens is 1. The summed E-state index contributed by atoms with van der Waals surface area (Å²) in [7, 11) is 1.80. The zero-order valence-electron chi connectivity index (χ0n) is 10.7. The molecule has 20 heavy (non-hydrogen) atoms. The van der Waals surface area contributed by atoms with E-state index in [4.69, 9.17) is 4.74 Å². The summed E-state index contributed by atoms with van der Waals surface area (Å²) in [4.78, 5) is 3.68. The van der Waals surface area contributed by atoms with Gasteiger partial charge in [-0.3, -0.25) is 0 Å². The van der Waals surface area contributed by atoms with E-state index in [2.05, 4.69) is 10.3 Å². The van der Waals surface area contributed by atoms with Gasteiger partial charge in [0.25, 0.3) is 0 Å². The SMILES string of the molecule is CNCc1ccccc1Oc1ccc(C(F)(F)F)cn1. The van der Waals surface area contributed by atoms with Gasteiger partial charge in [0.15, 0.2) is 0 Å². The third kappa shape index (κ3) is 3.48. The second-order valence-electron chi connectivity index (χ2n) is 4.12. The summed E-state index contributed by atoms with van der Waals surface area (Å²) in [6, 6.07) is 9.42. The molecule has 0 aliphatic carbocycles. The number of ether oxygens (including phenoxy) is 1. The average Bonchev–Trinajstić information content (AvgIpc) is 2.41. The van der Waals surface area contributed by atoms with Crippen LogP contribution in [0.2, 0.25) is 0 Å². The van der Waals surface area contributed by atoms with Crippen molar-refractivity contribution in [1.82, 2.24) is 10.3 Å². The summed E-state index contributed by atoms with van der Waals surface area (Å²) in [6.07, 6.45) is -3.63. The van der Waals surface area contributed by atoms with Gasteiger partial charge < -0.3 is 10.1 Å². The van der Waals surface area contributed by atoms with Crippen LogP contribution < -0.4 is 10.1 Å². The molecule has 106 valence electrons. The second-order valence-corrected chi connectivity index (χ2v) is 4.12. The van der Waals surface area contributed by atoms with E-state index in [9.17, 15) is 13.2 Å². The highest BCUT2D eigenvalue weighted by Crippen LogP contribution is 2.30. The first-order valence-electron chi connectivity index (χ1n) is 5.94. The van der Waals surface area contributed by atoms with Gasteiger partial charge in [0.05, 0.1) is 5.56 Å². The summed E-state index contributed by atoms with van der Waals surface area (Å²) in [5, 5.41) is 2.99. The van der Waals surface area contributed by atoms with E-state index in [1.807, 2.05) is 12.1 Å². The maximum Gasteiger partial charge on any atom is 0.417 e. The summed E-state index contributed by atoms with van der Waals surface area (Å²) in [5.74, 6) is 0.690. The highest BCUT2D eigenvalue weighted by molar-refractivity contribution is 5.36. The van der Waals surface area contributed by atoms with Gasteiger partial charge in [-0.2, -0.15) is 13.2 Å². The molecule has 0 radical (unpaired) electrons. The molecule has 0 aliphatic heterocycles. The van der Waals surface area contributed by atoms with Gasteiger partial charge >= 0.3 is 6.18 Å². The number of halogens is 3. The van der Waals surface area contributed by atoms with Crippen LogP contribution in [-0.2, 0) is 12.7 Å². The number of alkyl halides is 3. The molecule has 1 aromatic heterocycles. The van der Waals surface area contributed by atoms with Crippen LogP contribution in [0.4, 0.5) is 13.2 Å². The largest absolute Gasteiger partial charge is 0.439 e. The minimum Gasteiger partial charge on any atom is -0.439 e. The Morgan fingerprint density at radius 2 is 1.90 bits per heavy atom. The van der Waals surface area contributed by atoms with Crippen molar-refractivity contribution >= 4 is 0 Å². The van der Waals surface area contributed by atoms with Crippen LogP contribution in [0.3, 0.4) is 0 Å². The normalized spacial score (nSPS) is 11.4. The van der Waals surface area contributed by atoms with Gasteiger partial charge in [-0.15, -0.1) is 0 Å². The van der Waals surface area contributed by atoms with Crippen molar-refractivity contribution in [2.75, 3.05) is 7.05 Å². The molecule has 0 atom stereocenters. The van der Waals surface area contributed by atoms with Gasteiger partial charge in [-0.1, -0.05) is 18.2 Å². The van der Waals surface area contributed by atoms with Crippen molar-refractivity contribution in [3.8, 4) is 11.6 Å². The van der Waals surface area contributed by atoms with Crippen molar-refractivity contribution in [1.29, 1.82) is 0 Å². The first-order chi connectivity index (χ1) is 9.50. The van der Waals surface area contributed by atoms with Crippen LogP contribution in [0.15, 0.2) is 42.6 Å².